The molecular formula is C25H25ClN2O6. The lowest BCUT2D eigenvalue weighted by molar-refractivity contribution is -0.140. The molecule has 178 valence electrons. The highest BCUT2D eigenvalue weighted by molar-refractivity contribution is 6.46. The molecule has 3 heterocycles. The van der Waals surface area contributed by atoms with Crippen LogP contribution in [0, 0.1) is 0 Å². The molecule has 0 unspecified atom stereocenters. The Hall–Kier alpha value is -3.07. The molecule has 1 N–H and O–H groups in total. The van der Waals surface area contributed by atoms with Crippen molar-refractivity contribution < 1.29 is 28.9 Å². The maximum Gasteiger partial charge on any atom is 0.295 e. The zero-order valence-electron chi connectivity index (χ0n) is 18.5. The number of morpholine rings is 1. The standard InChI is InChI=1S/C25H25ClN2O6/c26-18-3-1-2-16(14-18)22-21(23(29)17-4-5-19-20(15-17)34-13-12-33-19)24(30)25(31)28(22)7-6-27-8-10-32-11-9-27/h1-5,14-15,22,29H,6-13H2/t22-/m0/s1. The van der Waals surface area contributed by atoms with Gasteiger partial charge in [-0.05, 0) is 35.9 Å². The number of hydrogen-bond donors (Lipinski definition) is 1. The van der Waals surface area contributed by atoms with Gasteiger partial charge in [0.15, 0.2) is 11.5 Å². The molecule has 34 heavy (non-hydrogen) atoms. The third kappa shape index (κ3) is 4.36. The SMILES string of the molecule is O=C1C(=O)N(CCN2CCOCC2)[C@@H](c2cccc(Cl)c2)C1=C(O)c1ccc2c(c1)OCCO2. The number of Topliss-reactive ketones (excluding diaryl/α,β-unsaturated/α-hetero) is 1. The Kier molecular flexibility index (Phi) is 6.45. The molecule has 1 amide bonds. The highest BCUT2D eigenvalue weighted by Crippen LogP contribution is 2.41. The van der Waals surface area contributed by atoms with Crippen LogP contribution < -0.4 is 9.47 Å². The van der Waals surface area contributed by atoms with Crippen LogP contribution in [0.1, 0.15) is 17.2 Å². The van der Waals surface area contributed by atoms with Gasteiger partial charge in [0.25, 0.3) is 11.7 Å². The molecule has 2 fully saturated rings. The van der Waals surface area contributed by atoms with Gasteiger partial charge < -0.3 is 24.2 Å². The van der Waals surface area contributed by atoms with Crippen LogP contribution in [0.15, 0.2) is 48.0 Å². The average Bonchev–Trinajstić information content (AvgIpc) is 3.12. The van der Waals surface area contributed by atoms with Gasteiger partial charge in [-0.1, -0.05) is 23.7 Å². The minimum Gasteiger partial charge on any atom is -0.507 e. The largest absolute Gasteiger partial charge is 0.507 e. The lowest BCUT2D eigenvalue weighted by Crippen LogP contribution is -2.42. The smallest absolute Gasteiger partial charge is 0.295 e. The van der Waals surface area contributed by atoms with Crippen molar-refractivity contribution in [3.8, 4) is 11.5 Å². The molecule has 2 aromatic rings. The molecule has 0 saturated carbocycles. The Bertz CT molecular complexity index is 1140. The predicted octanol–water partition coefficient (Wildman–Crippen LogP) is 2.87. The van der Waals surface area contributed by atoms with Crippen LogP contribution in [-0.2, 0) is 14.3 Å². The van der Waals surface area contributed by atoms with Crippen molar-refractivity contribution in [1.29, 1.82) is 0 Å². The van der Waals surface area contributed by atoms with E-state index in [-0.39, 0.29) is 11.3 Å². The van der Waals surface area contributed by atoms with Crippen molar-refractivity contribution in [1.82, 2.24) is 9.80 Å². The van der Waals surface area contributed by atoms with E-state index in [1.54, 1.807) is 42.5 Å². The summed E-state index contributed by atoms with van der Waals surface area (Å²) in [7, 11) is 0. The monoisotopic (exact) mass is 484 g/mol. The number of nitrogens with zero attached hydrogens (tertiary/aromatic N) is 2. The number of amides is 1. The van der Waals surface area contributed by atoms with Gasteiger partial charge in [0.1, 0.15) is 19.0 Å². The number of hydrogen-bond acceptors (Lipinski definition) is 7. The van der Waals surface area contributed by atoms with Gasteiger partial charge in [0.2, 0.25) is 0 Å². The second-order valence-electron chi connectivity index (χ2n) is 8.36. The first-order valence-electron chi connectivity index (χ1n) is 11.3. The number of ether oxygens (including phenoxy) is 3. The summed E-state index contributed by atoms with van der Waals surface area (Å²) in [6, 6.07) is 11.2. The van der Waals surface area contributed by atoms with Crippen molar-refractivity contribution in [3.05, 3.63) is 64.2 Å². The molecule has 0 spiro atoms. The Morgan fingerprint density at radius 2 is 1.74 bits per heavy atom. The summed E-state index contributed by atoms with van der Waals surface area (Å²) in [6.07, 6.45) is 0. The molecule has 0 aromatic heterocycles. The molecule has 9 heteroatoms. The lowest BCUT2D eigenvalue weighted by Gasteiger charge is -2.31. The molecule has 5 rings (SSSR count). The van der Waals surface area contributed by atoms with E-state index < -0.39 is 17.7 Å². The molecule has 0 radical (unpaired) electrons. The number of rotatable bonds is 5. The summed E-state index contributed by atoms with van der Waals surface area (Å²) >= 11 is 6.25. The fraction of sp³-hybridized carbons (Fsp3) is 0.360. The molecule has 3 aliphatic rings. The van der Waals surface area contributed by atoms with E-state index in [0.29, 0.717) is 67.2 Å². The quantitative estimate of drug-likeness (QED) is 0.396. The summed E-state index contributed by atoms with van der Waals surface area (Å²) < 4.78 is 16.6. The molecule has 0 aliphatic carbocycles. The second kappa shape index (κ2) is 9.66. The van der Waals surface area contributed by atoms with Gasteiger partial charge >= 0.3 is 0 Å². The highest BCUT2D eigenvalue weighted by Gasteiger charge is 2.46. The summed E-state index contributed by atoms with van der Waals surface area (Å²) in [5.74, 6) is -0.567. The van der Waals surface area contributed by atoms with Gasteiger partial charge in [-0.25, -0.2) is 0 Å². The van der Waals surface area contributed by atoms with E-state index in [2.05, 4.69) is 4.90 Å². The second-order valence-corrected chi connectivity index (χ2v) is 8.80. The summed E-state index contributed by atoms with van der Waals surface area (Å²) in [4.78, 5) is 30.1. The van der Waals surface area contributed by atoms with Crippen LogP contribution in [0.25, 0.3) is 5.76 Å². The zero-order valence-corrected chi connectivity index (χ0v) is 19.3. The first-order chi connectivity index (χ1) is 16.5. The third-order valence-corrected chi connectivity index (χ3v) is 6.52. The maximum atomic E-state index is 13.2. The molecule has 2 saturated heterocycles. The van der Waals surface area contributed by atoms with Crippen LogP contribution in [0.2, 0.25) is 5.02 Å². The third-order valence-electron chi connectivity index (χ3n) is 6.28. The number of benzene rings is 2. The van der Waals surface area contributed by atoms with E-state index in [9.17, 15) is 14.7 Å². The topological polar surface area (TPSA) is 88.5 Å². The van der Waals surface area contributed by atoms with Gasteiger partial charge in [-0.3, -0.25) is 14.5 Å². The number of fused-ring (bicyclic) bond motifs is 1. The molecule has 2 aromatic carbocycles. The first kappa shape index (κ1) is 22.7. The number of halogens is 1. The molecular weight excluding hydrogens is 460 g/mol. The number of ketones is 1. The van der Waals surface area contributed by atoms with Gasteiger partial charge in [-0.2, -0.15) is 0 Å². The summed E-state index contributed by atoms with van der Waals surface area (Å²) in [5, 5.41) is 11.8. The Labute approximate surface area is 202 Å². The van der Waals surface area contributed by atoms with Crippen LogP contribution in [0.5, 0.6) is 11.5 Å². The number of aliphatic hydroxyl groups excluding tert-OH is 1. The minimum atomic E-state index is -0.757. The number of carbonyl (C=O) groups is 2. The normalized spacial score (nSPS) is 22.3. The predicted molar refractivity (Wildman–Crippen MR) is 125 cm³/mol. The molecule has 3 aliphatic heterocycles. The van der Waals surface area contributed by atoms with Crippen molar-refractivity contribution in [2.75, 3.05) is 52.6 Å². The maximum absolute atomic E-state index is 13.2. The van der Waals surface area contributed by atoms with Crippen LogP contribution >= 0.6 is 11.6 Å². The zero-order chi connectivity index (χ0) is 23.7. The van der Waals surface area contributed by atoms with E-state index in [1.165, 1.54) is 4.90 Å². The van der Waals surface area contributed by atoms with Crippen LogP contribution in [-0.4, -0.2) is 79.2 Å². The Balaban J connectivity index is 1.54. The van der Waals surface area contributed by atoms with E-state index in [1.807, 2.05) is 0 Å². The van der Waals surface area contributed by atoms with Crippen molar-refractivity contribution in [2.24, 2.45) is 0 Å². The Morgan fingerprint density at radius 1 is 0.971 bits per heavy atom. The Morgan fingerprint density at radius 3 is 2.50 bits per heavy atom. The molecule has 0 bridgehead atoms. The van der Waals surface area contributed by atoms with Gasteiger partial charge in [0.05, 0.1) is 24.8 Å². The van der Waals surface area contributed by atoms with E-state index in [4.69, 9.17) is 25.8 Å². The van der Waals surface area contributed by atoms with Crippen molar-refractivity contribution in [2.45, 2.75) is 6.04 Å². The fourth-order valence-electron chi connectivity index (χ4n) is 4.55. The van der Waals surface area contributed by atoms with E-state index in [0.717, 1.165) is 13.1 Å². The number of likely N-dealkylation sites (tertiary alicyclic amines) is 1. The van der Waals surface area contributed by atoms with Crippen LogP contribution in [0.3, 0.4) is 0 Å². The van der Waals surface area contributed by atoms with E-state index >= 15 is 0 Å². The van der Waals surface area contributed by atoms with Crippen molar-refractivity contribution in [3.63, 3.8) is 0 Å². The van der Waals surface area contributed by atoms with Crippen LogP contribution in [0.4, 0.5) is 0 Å². The van der Waals surface area contributed by atoms with Crippen molar-refractivity contribution >= 4 is 29.1 Å². The highest BCUT2D eigenvalue weighted by atomic mass is 35.5. The first-order valence-corrected chi connectivity index (χ1v) is 11.6. The number of aliphatic hydroxyl groups is 1. The summed E-state index contributed by atoms with van der Waals surface area (Å²) in [6.45, 7) is 4.58. The fourth-order valence-corrected chi connectivity index (χ4v) is 4.75. The van der Waals surface area contributed by atoms with Gasteiger partial charge in [-0.15, -0.1) is 0 Å². The van der Waals surface area contributed by atoms with Gasteiger partial charge in [0, 0.05) is 36.8 Å². The molecule has 8 nitrogen and oxygen atoms in total. The lowest BCUT2D eigenvalue weighted by atomic mass is 9.95. The average molecular weight is 485 g/mol. The summed E-state index contributed by atoms with van der Waals surface area (Å²) in [5.41, 5.74) is 1.07. The minimum absolute atomic E-state index is 0.0333. The number of carbonyl (C=O) groups excluding carboxylic acids is 2. The molecule has 1 atom stereocenters.